The van der Waals surface area contributed by atoms with Crippen LogP contribution in [0.2, 0.25) is 0 Å². The van der Waals surface area contributed by atoms with Gasteiger partial charge < -0.3 is 4.79 Å². The summed E-state index contributed by atoms with van der Waals surface area (Å²) < 4.78 is 0. The van der Waals surface area contributed by atoms with Gasteiger partial charge in [-0.1, -0.05) is 73.7 Å². The van der Waals surface area contributed by atoms with Gasteiger partial charge in [0, 0.05) is 6.42 Å². The third-order valence-electron chi connectivity index (χ3n) is 6.80. The molecule has 0 heterocycles. The van der Waals surface area contributed by atoms with Crippen molar-refractivity contribution in [3.8, 4) is 0 Å². The van der Waals surface area contributed by atoms with E-state index in [1.54, 1.807) is 6.92 Å². The molecule has 3 atom stereocenters. The molecule has 150 valence electrons. The molecule has 4 rings (SSSR count). The van der Waals surface area contributed by atoms with Gasteiger partial charge in [0.1, 0.15) is 5.78 Å². The molecule has 1 nitrogen and oxygen atoms in total. The van der Waals surface area contributed by atoms with Gasteiger partial charge in [0.15, 0.2) is 0 Å². The van der Waals surface area contributed by atoms with E-state index in [4.69, 9.17) is 0 Å². The van der Waals surface area contributed by atoms with Gasteiger partial charge in [-0.2, -0.15) is 0 Å². The maximum Gasteiger partial charge on any atom is 0.130 e. The van der Waals surface area contributed by atoms with Crippen LogP contribution in [0.3, 0.4) is 0 Å². The number of benzene rings is 3. The first-order valence-corrected chi connectivity index (χ1v) is 11.2. The van der Waals surface area contributed by atoms with E-state index < -0.39 is 0 Å². The molecule has 0 spiro atoms. The van der Waals surface area contributed by atoms with Crippen molar-refractivity contribution in [3.63, 3.8) is 0 Å². The first-order valence-electron chi connectivity index (χ1n) is 11.2. The van der Waals surface area contributed by atoms with Crippen LogP contribution in [0, 0.1) is 5.92 Å². The summed E-state index contributed by atoms with van der Waals surface area (Å²) in [7, 11) is 0. The highest BCUT2D eigenvalue weighted by atomic mass is 16.1. The second-order valence-electron chi connectivity index (χ2n) is 9.02. The number of aryl methyl sites for hydroxylation is 1. The van der Waals surface area contributed by atoms with E-state index in [2.05, 4.69) is 73.7 Å². The van der Waals surface area contributed by atoms with Crippen LogP contribution in [0.5, 0.6) is 0 Å². The Hall–Kier alpha value is -2.41. The van der Waals surface area contributed by atoms with Gasteiger partial charge >= 0.3 is 0 Å². The molecule has 1 aliphatic carbocycles. The fraction of sp³-hybridized carbons (Fsp3) is 0.393. The molecule has 0 unspecified atom stereocenters. The van der Waals surface area contributed by atoms with Gasteiger partial charge in [0.25, 0.3) is 0 Å². The van der Waals surface area contributed by atoms with E-state index in [1.807, 2.05) is 0 Å². The lowest BCUT2D eigenvalue weighted by Crippen LogP contribution is -2.03. The van der Waals surface area contributed by atoms with Crippen LogP contribution in [0.25, 0.3) is 10.8 Å². The number of ketones is 1. The van der Waals surface area contributed by atoms with Gasteiger partial charge in [-0.15, -0.1) is 0 Å². The first kappa shape index (κ1) is 19.9. The summed E-state index contributed by atoms with van der Waals surface area (Å²) in [4.78, 5) is 11.2. The van der Waals surface area contributed by atoms with Gasteiger partial charge in [0.2, 0.25) is 0 Å². The maximum atomic E-state index is 11.2. The zero-order valence-corrected chi connectivity index (χ0v) is 17.7. The van der Waals surface area contributed by atoms with Crippen molar-refractivity contribution < 1.29 is 4.79 Å². The lowest BCUT2D eigenvalue weighted by Gasteiger charge is -2.19. The summed E-state index contributed by atoms with van der Waals surface area (Å²) in [6, 6.07) is 24.6. The topological polar surface area (TPSA) is 17.1 Å². The van der Waals surface area contributed by atoms with Crippen molar-refractivity contribution in [1.82, 2.24) is 0 Å². The molecule has 3 aromatic carbocycles. The average Bonchev–Trinajstić information content (AvgIpc) is 3.20. The molecule has 1 fully saturated rings. The number of carbonyl (C=O) groups is 1. The quantitative estimate of drug-likeness (QED) is 0.414. The van der Waals surface area contributed by atoms with Crippen LogP contribution < -0.4 is 0 Å². The lowest BCUT2D eigenvalue weighted by molar-refractivity contribution is -0.116. The Morgan fingerprint density at radius 3 is 2.52 bits per heavy atom. The summed E-state index contributed by atoms with van der Waals surface area (Å²) >= 11 is 0. The number of rotatable bonds is 7. The molecule has 1 saturated carbocycles. The average molecular weight is 385 g/mol. The summed E-state index contributed by atoms with van der Waals surface area (Å²) in [6.07, 6.45) is 6.75. The molecule has 29 heavy (non-hydrogen) atoms. The van der Waals surface area contributed by atoms with Gasteiger partial charge in [0.05, 0.1) is 0 Å². The Morgan fingerprint density at radius 1 is 0.966 bits per heavy atom. The Balaban J connectivity index is 1.38. The Kier molecular flexibility index (Phi) is 6.13. The minimum atomic E-state index is 0.271. The van der Waals surface area contributed by atoms with Gasteiger partial charge in [-0.05, 0) is 84.2 Å². The number of carbonyl (C=O) groups excluding carboxylic acids is 1. The molecule has 0 amide bonds. The Labute approximate surface area is 175 Å². The van der Waals surface area contributed by atoms with E-state index in [1.165, 1.54) is 53.1 Å². The number of hydrogen-bond donors (Lipinski definition) is 0. The van der Waals surface area contributed by atoms with E-state index in [0.717, 1.165) is 12.3 Å². The Bertz CT molecular complexity index is 964. The van der Waals surface area contributed by atoms with E-state index in [0.29, 0.717) is 18.3 Å². The van der Waals surface area contributed by atoms with Crippen LogP contribution in [0.4, 0.5) is 0 Å². The van der Waals surface area contributed by atoms with Crippen molar-refractivity contribution in [3.05, 3.63) is 83.4 Å². The summed E-state index contributed by atoms with van der Waals surface area (Å²) in [6.45, 7) is 4.07. The fourth-order valence-electron chi connectivity index (χ4n) is 5.18. The molecular formula is C28H32O. The normalized spacial score (nSPS) is 20.1. The largest absolute Gasteiger partial charge is 0.300 e. The molecular weight excluding hydrogens is 352 g/mol. The number of fused-ring (bicyclic) bond motifs is 1. The molecule has 1 aliphatic rings. The predicted octanol–water partition coefficient (Wildman–Crippen LogP) is 7.44. The van der Waals surface area contributed by atoms with Crippen LogP contribution in [0.1, 0.15) is 74.5 Å². The fourth-order valence-corrected chi connectivity index (χ4v) is 5.18. The molecule has 0 radical (unpaired) electrons. The van der Waals surface area contributed by atoms with E-state index in [-0.39, 0.29) is 5.78 Å². The highest BCUT2D eigenvalue weighted by Crippen LogP contribution is 2.43. The standard InChI is InChI=1S/C28H32O/c1-20(27-9-5-7-25-6-3-4-8-28(25)27)18-23-14-17-26(19-23)24-15-12-22(13-16-24)11-10-21(2)29/h3-9,12-13,15-16,20,23,26H,10-11,14,17-19H2,1-2H3/t20-,23+,26-/m0/s1. The number of hydrogen-bond acceptors (Lipinski definition) is 1. The van der Waals surface area contributed by atoms with Crippen LogP contribution in [0.15, 0.2) is 66.7 Å². The SMILES string of the molecule is CC(=O)CCc1ccc([C@H]2CC[C@H](C[C@H](C)c3cccc4ccccc34)C2)cc1. The highest BCUT2D eigenvalue weighted by molar-refractivity contribution is 5.86. The second kappa shape index (κ2) is 8.95. The minimum Gasteiger partial charge on any atom is -0.300 e. The van der Waals surface area contributed by atoms with Crippen molar-refractivity contribution in [2.45, 2.75) is 64.2 Å². The van der Waals surface area contributed by atoms with Gasteiger partial charge in [-0.25, -0.2) is 0 Å². The molecule has 0 aliphatic heterocycles. The lowest BCUT2D eigenvalue weighted by atomic mass is 9.86. The predicted molar refractivity (Wildman–Crippen MR) is 123 cm³/mol. The van der Waals surface area contributed by atoms with E-state index >= 15 is 0 Å². The summed E-state index contributed by atoms with van der Waals surface area (Å²) in [5.41, 5.74) is 4.27. The van der Waals surface area contributed by atoms with Crippen molar-refractivity contribution >= 4 is 16.6 Å². The van der Waals surface area contributed by atoms with Crippen LogP contribution >= 0.6 is 0 Å². The van der Waals surface area contributed by atoms with Crippen molar-refractivity contribution in [2.24, 2.45) is 5.92 Å². The molecule has 0 N–H and O–H groups in total. The first-order chi connectivity index (χ1) is 14.1. The van der Waals surface area contributed by atoms with Crippen LogP contribution in [-0.2, 0) is 11.2 Å². The molecule has 0 aromatic heterocycles. The monoisotopic (exact) mass is 384 g/mol. The molecule has 0 bridgehead atoms. The summed E-state index contributed by atoms with van der Waals surface area (Å²) in [5.74, 6) is 2.37. The molecule has 1 heteroatoms. The zero-order chi connectivity index (χ0) is 20.2. The molecule has 0 saturated heterocycles. The van der Waals surface area contributed by atoms with Crippen LogP contribution in [-0.4, -0.2) is 5.78 Å². The van der Waals surface area contributed by atoms with Gasteiger partial charge in [-0.3, -0.25) is 0 Å². The number of Topliss-reactive ketones (excluding diaryl/α,β-unsaturated/α-hetero) is 1. The Morgan fingerprint density at radius 2 is 1.72 bits per heavy atom. The minimum absolute atomic E-state index is 0.271. The molecule has 3 aromatic rings. The third-order valence-corrected chi connectivity index (χ3v) is 6.80. The second-order valence-corrected chi connectivity index (χ2v) is 9.02. The third kappa shape index (κ3) is 4.78. The van der Waals surface area contributed by atoms with E-state index in [9.17, 15) is 4.79 Å². The van der Waals surface area contributed by atoms with Crippen molar-refractivity contribution in [2.75, 3.05) is 0 Å². The maximum absolute atomic E-state index is 11.2. The zero-order valence-electron chi connectivity index (χ0n) is 17.7. The summed E-state index contributed by atoms with van der Waals surface area (Å²) in [5, 5.41) is 2.77. The highest BCUT2D eigenvalue weighted by Gasteiger charge is 2.27. The smallest absolute Gasteiger partial charge is 0.130 e. The van der Waals surface area contributed by atoms with Crippen molar-refractivity contribution in [1.29, 1.82) is 0 Å².